The van der Waals surface area contributed by atoms with Crippen LogP contribution >= 0.6 is 0 Å². The first-order valence-electron chi connectivity index (χ1n) is 10.2. The fourth-order valence-corrected chi connectivity index (χ4v) is 3.93. The van der Waals surface area contributed by atoms with Crippen molar-refractivity contribution in [2.24, 2.45) is 5.92 Å². The summed E-state index contributed by atoms with van der Waals surface area (Å²) in [5, 5.41) is 0. The second-order valence-corrected chi connectivity index (χ2v) is 6.89. The molecule has 1 heteroatoms. The van der Waals surface area contributed by atoms with Gasteiger partial charge in [-0.3, -0.25) is 0 Å². The zero-order valence-corrected chi connectivity index (χ0v) is 16.3. The van der Waals surface area contributed by atoms with Crippen molar-refractivity contribution in [2.45, 2.75) is 52.4 Å². The lowest BCUT2D eigenvalue weighted by Gasteiger charge is -2.33. The standard InChI is InChI=1S/C22H29N.C2H6/c1-2-15-23-16-13-19(14-17-23)18-22(20-9-5-3-6-10-20)21-11-7-4-8-12-21;1-2/h3-12,19,22H,2,13-18H2,1H3;1-2H3. The molecule has 0 aliphatic carbocycles. The summed E-state index contributed by atoms with van der Waals surface area (Å²) in [7, 11) is 0. The molecule has 0 bridgehead atoms. The molecule has 0 spiro atoms. The van der Waals surface area contributed by atoms with Crippen LogP contribution in [0.3, 0.4) is 0 Å². The largest absolute Gasteiger partial charge is 0.303 e. The average Bonchev–Trinajstić information content (AvgIpc) is 2.70. The molecule has 136 valence electrons. The van der Waals surface area contributed by atoms with Crippen molar-refractivity contribution >= 4 is 0 Å². The van der Waals surface area contributed by atoms with Crippen molar-refractivity contribution in [3.63, 3.8) is 0 Å². The van der Waals surface area contributed by atoms with Crippen molar-refractivity contribution in [1.82, 2.24) is 4.90 Å². The first-order chi connectivity index (χ1) is 12.4. The Morgan fingerprint density at radius 2 is 1.32 bits per heavy atom. The van der Waals surface area contributed by atoms with Crippen molar-refractivity contribution in [3.8, 4) is 0 Å². The Morgan fingerprint density at radius 3 is 1.76 bits per heavy atom. The van der Waals surface area contributed by atoms with Crippen molar-refractivity contribution in [1.29, 1.82) is 0 Å². The highest BCUT2D eigenvalue weighted by Gasteiger charge is 2.23. The molecule has 0 saturated carbocycles. The number of rotatable bonds is 6. The van der Waals surface area contributed by atoms with Crippen molar-refractivity contribution < 1.29 is 0 Å². The van der Waals surface area contributed by atoms with E-state index in [2.05, 4.69) is 72.5 Å². The van der Waals surface area contributed by atoms with Gasteiger partial charge in [-0.15, -0.1) is 0 Å². The topological polar surface area (TPSA) is 3.24 Å². The molecule has 3 rings (SSSR count). The minimum atomic E-state index is 0.542. The minimum absolute atomic E-state index is 0.542. The number of hydrogen-bond donors (Lipinski definition) is 0. The maximum atomic E-state index is 2.64. The van der Waals surface area contributed by atoms with E-state index < -0.39 is 0 Å². The van der Waals surface area contributed by atoms with Crippen LogP contribution in [-0.4, -0.2) is 24.5 Å². The maximum absolute atomic E-state index is 2.64. The molecule has 1 saturated heterocycles. The molecular weight excluding hydrogens is 302 g/mol. The van der Waals surface area contributed by atoms with Gasteiger partial charge in [-0.1, -0.05) is 81.4 Å². The first kappa shape index (κ1) is 19.7. The zero-order chi connectivity index (χ0) is 17.9. The highest BCUT2D eigenvalue weighted by atomic mass is 15.1. The van der Waals surface area contributed by atoms with Crippen LogP contribution < -0.4 is 0 Å². The molecule has 1 heterocycles. The molecule has 0 N–H and O–H groups in total. The van der Waals surface area contributed by atoms with Crippen molar-refractivity contribution in [3.05, 3.63) is 71.8 Å². The third-order valence-electron chi connectivity index (χ3n) is 5.22. The molecule has 0 atom stereocenters. The molecule has 1 nitrogen and oxygen atoms in total. The summed E-state index contributed by atoms with van der Waals surface area (Å²) in [6, 6.07) is 22.1. The Morgan fingerprint density at radius 1 is 0.840 bits per heavy atom. The predicted octanol–water partition coefficient (Wildman–Crippen LogP) is 6.36. The first-order valence-corrected chi connectivity index (χ1v) is 10.2. The van der Waals surface area contributed by atoms with Gasteiger partial charge in [0.05, 0.1) is 0 Å². The molecule has 1 aliphatic heterocycles. The molecule has 0 aromatic heterocycles. The monoisotopic (exact) mass is 337 g/mol. The highest BCUT2D eigenvalue weighted by molar-refractivity contribution is 5.32. The van der Waals surface area contributed by atoms with Gasteiger partial charge in [-0.25, -0.2) is 0 Å². The Hall–Kier alpha value is -1.60. The Labute approximate surface area is 155 Å². The summed E-state index contributed by atoms with van der Waals surface area (Å²) in [5.74, 6) is 1.40. The third kappa shape index (κ3) is 6.01. The van der Waals surface area contributed by atoms with Gasteiger partial charge in [0.1, 0.15) is 0 Å². The fourth-order valence-electron chi connectivity index (χ4n) is 3.93. The molecule has 1 fully saturated rings. The van der Waals surface area contributed by atoms with Gasteiger partial charge < -0.3 is 4.90 Å². The van der Waals surface area contributed by atoms with Gasteiger partial charge in [-0.2, -0.15) is 0 Å². The van der Waals surface area contributed by atoms with Gasteiger partial charge >= 0.3 is 0 Å². The molecule has 25 heavy (non-hydrogen) atoms. The van der Waals surface area contributed by atoms with E-state index in [1.807, 2.05) is 13.8 Å². The normalized spacial score (nSPS) is 15.7. The van der Waals surface area contributed by atoms with E-state index in [-0.39, 0.29) is 0 Å². The zero-order valence-electron chi connectivity index (χ0n) is 16.3. The number of benzene rings is 2. The van der Waals surface area contributed by atoms with Crippen LogP contribution in [0.2, 0.25) is 0 Å². The van der Waals surface area contributed by atoms with Crippen LogP contribution in [0.5, 0.6) is 0 Å². The Balaban J connectivity index is 0.00000109. The fraction of sp³-hybridized carbons (Fsp3) is 0.500. The van der Waals surface area contributed by atoms with Crippen LogP contribution in [-0.2, 0) is 0 Å². The summed E-state index contributed by atoms with van der Waals surface area (Å²) < 4.78 is 0. The van der Waals surface area contributed by atoms with E-state index in [9.17, 15) is 0 Å². The molecule has 0 radical (unpaired) electrons. The third-order valence-corrected chi connectivity index (χ3v) is 5.22. The molecule has 0 unspecified atom stereocenters. The molecule has 2 aromatic rings. The summed E-state index contributed by atoms with van der Waals surface area (Å²) in [6.07, 6.45) is 5.28. The second kappa shape index (κ2) is 11.1. The lowest BCUT2D eigenvalue weighted by molar-refractivity contribution is 0.177. The highest BCUT2D eigenvalue weighted by Crippen LogP contribution is 2.34. The van der Waals surface area contributed by atoms with E-state index >= 15 is 0 Å². The maximum Gasteiger partial charge on any atom is 0.00919 e. The van der Waals surface area contributed by atoms with Gasteiger partial charge in [0.15, 0.2) is 0 Å². The predicted molar refractivity (Wildman–Crippen MR) is 110 cm³/mol. The van der Waals surface area contributed by atoms with E-state index in [1.165, 1.54) is 56.4 Å². The summed E-state index contributed by atoms with van der Waals surface area (Å²) >= 11 is 0. The van der Waals surface area contributed by atoms with Crippen LogP contribution in [0.1, 0.15) is 63.5 Å². The van der Waals surface area contributed by atoms with Gasteiger partial charge in [0, 0.05) is 5.92 Å². The second-order valence-electron chi connectivity index (χ2n) is 6.89. The number of nitrogens with zero attached hydrogens (tertiary/aromatic N) is 1. The Bertz CT molecular complexity index is 516. The molecule has 1 aliphatic rings. The summed E-state index contributed by atoms with van der Waals surface area (Å²) in [4.78, 5) is 2.64. The SMILES string of the molecule is CC.CCCN1CCC(CC(c2ccccc2)c2ccccc2)CC1. The summed E-state index contributed by atoms with van der Waals surface area (Å²) in [6.45, 7) is 10.1. The van der Waals surface area contributed by atoms with Crippen LogP contribution in [0.4, 0.5) is 0 Å². The molecule has 0 amide bonds. The summed E-state index contributed by atoms with van der Waals surface area (Å²) in [5.41, 5.74) is 2.93. The average molecular weight is 338 g/mol. The smallest absolute Gasteiger partial charge is 0.00919 e. The van der Waals surface area contributed by atoms with E-state index in [1.54, 1.807) is 0 Å². The van der Waals surface area contributed by atoms with Crippen LogP contribution in [0.25, 0.3) is 0 Å². The quantitative estimate of drug-likeness (QED) is 0.593. The van der Waals surface area contributed by atoms with E-state index in [4.69, 9.17) is 0 Å². The van der Waals surface area contributed by atoms with Crippen LogP contribution in [0.15, 0.2) is 60.7 Å². The van der Waals surface area contributed by atoms with Crippen molar-refractivity contribution in [2.75, 3.05) is 19.6 Å². The van der Waals surface area contributed by atoms with Gasteiger partial charge in [0.25, 0.3) is 0 Å². The minimum Gasteiger partial charge on any atom is -0.303 e. The van der Waals surface area contributed by atoms with E-state index in [0.717, 1.165) is 5.92 Å². The lowest BCUT2D eigenvalue weighted by atomic mass is 9.80. The number of hydrogen-bond acceptors (Lipinski definition) is 1. The molecular formula is C24H35N. The Kier molecular flexibility index (Phi) is 8.76. The van der Waals surface area contributed by atoms with E-state index in [0.29, 0.717) is 5.92 Å². The van der Waals surface area contributed by atoms with Crippen LogP contribution in [0, 0.1) is 5.92 Å². The van der Waals surface area contributed by atoms with Gasteiger partial charge in [0.2, 0.25) is 0 Å². The number of likely N-dealkylation sites (tertiary alicyclic amines) is 1. The number of piperidine rings is 1. The lowest BCUT2D eigenvalue weighted by Crippen LogP contribution is -2.34. The molecule has 2 aromatic carbocycles. The van der Waals surface area contributed by atoms with Gasteiger partial charge in [-0.05, 0) is 62.4 Å².